The van der Waals surface area contributed by atoms with Gasteiger partial charge in [-0.3, -0.25) is 0 Å². The molecular weight excluding hydrogens is 245 g/mol. The van der Waals surface area contributed by atoms with Crippen molar-refractivity contribution in [3.05, 3.63) is 40.0 Å². The second-order valence-corrected chi connectivity index (χ2v) is 6.05. The van der Waals surface area contributed by atoms with Gasteiger partial charge in [-0.15, -0.1) is 11.3 Å². The Morgan fingerprint density at radius 3 is 2.78 bits per heavy atom. The van der Waals surface area contributed by atoms with Crippen LogP contribution in [0.25, 0.3) is 11.1 Å². The summed E-state index contributed by atoms with van der Waals surface area (Å²) < 4.78 is 13.4. The highest BCUT2D eigenvalue weighted by atomic mass is 32.1. The third-order valence-corrected chi connectivity index (χ3v) is 4.77. The van der Waals surface area contributed by atoms with Gasteiger partial charge in [0.25, 0.3) is 0 Å². The summed E-state index contributed by atoms with van der Waals surface area (Å²) in [6.45, 7) is 1.80. The summed E-state index contributed by atoms with van der Waals surface area (Å²) in [4.78, 5) is 1.43. The van der Waals surface area contributed by atoms with E-state index in [0.29, 0.717) is 5.56 Å². The molecule has 3 heteroatoms. The van der Waals surface area contributed by atoms with Gasteiger partial charge in [0.15, 0.2) is 0 Å². The lowest BCUT2D eigenvalue weighted by molar-refractivity contribution is 0.619. The molecule has 1 aliphatic carbocycles. The Hall–Kier alpha value is -1.35. The SMILES string of the molecule is Cc1cc(-c2c(N)sc3c2CCCC3)ccc1F. The highest BCUT2D eigenvalue weighted by molar-refractivity contribution is 7.16. The Morgan fingerprint density at radius 1 is 1.22 bits per heavy atom. The second-order valence-electron chi connectivity index (χ2n) is 4.91. The van der Waals surface area contributed by atoms with Crippen molar-refractivity contribution in [3.63, 3.8) is 0 Å². The van der Waals surface area contributed by atoms with Gasteiger partial charge in [-0.2, -0.15) is 0 Å². The second kappa shape index (κ2) is 4.39. The third kappa shape index (κ3) is 1.83. The molecule has 0 radical (unpaired) electrons. The maximum absolute atomic E-state index is 13.4. The summed E-state index contributed by atoms with van der Waals surface area (Å²) in [5, 5.41) is 0.882. The van der Waals surface area contributed by atoms with E-state index in [0.717, 1.165) is 29.0 Å². The van der Waals surface area contributed by atoms with Crippen molar-refractivity contribution in [2.75, 3.05) is 5.73 Å². The number of hydrogen-bond donors (Lipinski definition) is 1. The van der Waals surface area contributed by atoms with Crippen molar-refractivity contribution >= 4 is 16.3 Å². The largest absolute Gasteiger partial charge is 0.390 e. The number of hydrogen-bond acceptors (Lipinski definition) is 2. The molecule has 0 spiro atoms. The van der Waals surface area contributed by atoms with Gasteiger partial charge in [-0.25, -0.2) is 4.39 Å². The van der Waals surface area contributed by atoms with E-state index in [1.807, 2.05) is 12.1 Å². The van der Waals surface area contributed by atoms with Gasteiger partial charge < -0.3 is 5.73 Å². The molecule has 0 amide bonds. The molecule has 1 heterocycles. The normalized spacial score (nSPS) is 14.6. The van der Waals surface area contributed by atoms with E-state index in [-0.39, 0.29) is 5.82 Å². The van der Waals surface area contributed by atoms with Crippen LogP contribution in [0.2, 0.25) is 0 Å². The first-order valence-electron chi connectivity index (χ1n) is 6.33. The summed E-state index contributed by atoms with van der Waals surface area (Å²) >= 11 is 1.71. The maximum atomic E-state index is 13.4. The first-order chi connectivity index (χ1) is 8.66. The van der Waals surface area contributed by atoms with Gasteiger partial charge in [0, 0.05) is 10.4 Å². The molecule has 94 valence electrons. The van der Waals surface area contributed by atoms with Crippen molar-refractivity contribution in [2.45, 2.75) is 32.6 Å². The third-order valence-electron chi connectivity index (χ3n) is 3.65. The Labute approximate surface area is 110 Å². The molecule has 2 aromatic rings. The van der Waals surface area contributed by atoms with Crippen molar-refractivity contribution in [3.8, 4) is 11.1 Å². The van der Waals surface area contributed by atoms with Gasteiger partial charge in [-0.1, -0.05) is 6.07 Å². The molecule has 0 bridgehead atoms. The fourth-order valence-electron chi connectivity index (χ4n) is 2.70. The number of anilines is 1. The van der Waals surface area contributed by atoms with Crippen LogP contribution in [-0.4, -0.2) is 0 Å². The van der Waals surface area contributed by atoms with E-state index in [1.165, 1.54) is 29.3 Å². The lowest BCUT2D eigenvalue weighted by Crippen LogP contribution is -2.00. The quantitative estimate of drug-likeness (QED) is 0.812. The number of fused-ring (bicyclic) bond motifs is 1. The van der Waals surface area contributed by atoms with Crippen molar-refractivity contribution in [1.82, 2.24) is 0 Å². The fraction of sp³-hybridized carbons (Fsp3) is 0.333. The molecule has 0 fully saturated rings. The molecular formula is C15H16FNS. The van der Waals surface area contributed by atoms with Crippen LogP contribution in [0, 0.1) is 12.7 Å². The average Bonchev–Trinajstić information content (AvgIpc) is 2.69. The van der Waals surface area contributed by atoms with Crippen LogP contribution in [0.3, 0.4) is 0 Å². The number of rotatable bonds is 1. The minimum Gasteiger partial charge on any atom is -0.390 e. The van der Waals surface area contributed by atoms with Gasteiger partial charge >= 0.3 is 0 Å². The van der Waals surface area contributed by atoms with Crippen LogP contribution in [0.1, 0.15) is 28.8 Å². The number of halogens is 1. The monoisotopic (exact) mass is 261 g/mol. The number of benzene rings is 1. The van der Waals surface area contributed by atoms with E-state index in [2.05, 4.69) is 0 Å². The molecule has 1 nitrogen and oxygen atoms in total. The topological polar surface area (TPSA) is 26.0 Å². The lowest BCUT2D eigenvalue weighted by Gasteiger charge is -2.13. The first-order valence-corrected chi connectivity index (χ1v) is 7.15. The minimum absolute atomic E-state index is 0.151. The van der Waals surface area contributed by atoms with Crippen LogP contribution >= 0.6 is 11.3 Å². The van der Waals surface area contributed by atoms with Crippen LogP contribution in [0.4, 0.5) is 9.39 Å². The summed E-state index contributed by atoms with van der Waals surface area (Å²) in [5.41, 5.74) is 10.5. The van der Waals surface area contributed by atoms with Gasteiger partial charge in [0.2, 0.25) is 0 Å². The Kier molecular flexibility index (Phi) is 2.86. The standard InChI is InChI=1S/C15H16FNS/c1-9-8-10(6-7-12(9)16)14-11-4-2-3-5-13(11)18-15(14)17/h6-8H,2-5,17H2,1H3. The molecule has 0 aliphatic heterocycles. The van der Waals surface area contributed by atoms with E-state index < -0.39 is 0 Å². The molecule has 0 saturated heterocycles. The molecule has 0 atom stereocenters. The van der Waals surface area contributed by atoms with E-state index >= 15 is 0 Å². The summed E-state index contributed by atoms with van der Waals surface area (Å²) in [6.07, 6.45) is 4.74. The van der Waals surface area contributed by atoms with E-state index in [1.54, 1.807) is 18.3 Å². The zero-order chi connectivity index (χ0) is 12.7. The number of aryl methyl sites for hydroxylation is 2. The van der Waals surface area contributed by atoms with Crippen molar-refractivity contribution in [1.29, 1.82) is 0 Å². The van der Waals surface area contributed by atoms with Crippen molar-refractivity contribution < 1.29 is 4.39 Å². The summed E-state index contributed by atoms with van der Waals surface area (Å²) in [7, 11) is 0. The first kappa shape index (κ1) is 11.7. The van der Waals surface area contributed by atoms with Crippen LogP contribution in [-0.2, 0) is 12.8 Å². The van der Waals surface area contributed by atoms with Crippen LogP contribution in [0.5, 0.6) is 0 Å². The molecule has 1 aromatic heterocycles. The zero-order valence-electron chi connectivity index (χ0n) is 10.4. The van der Waals surface area contributed by atoms with Crippen molar-refractivity contribution in [2.24, 2.45) is 0 Å². The van der Waals surface area contributed by atoms with Crippen LogP contribution in [0.15, 0.2) is 18.2 Å². The molecule has 1 aliphatic rings. The van der Waals surface area contributed by atoms with E-state index in [9.17, 15) is 4.39 Å². The smallest absolute Gasteiger partial charge is 0.126 e. The highest BCUT2D eigenvalue weighted by Crippen LogP contribution is 2.42. The van der Waals surface area contributed by atoms with Gasteiger partial charge in [-0.05, 0) is 61.4 Å². The molecule has 0 unspecified atom stereocenters. The predicted molar refractivity (Wildman–Crippen MR) is 75.5 cm³/mol. The minimum atomic E-state index is -0.151. The lowest BCUT2D eigenvalue weighted by atomic mass is 9.92. The van der Waals surface area contributed by atoms with Crippen LogP contribution < -0.4 is 5.73 Å². The molecule has 1 aromatic carbocycles. The molecule has 18 heavy (non-hydrogen) atoms. The molecule has 3 rings (SSSR count). The fourth-order valence-corrected chi connectivity index (χ4v) is 3.89. The summed E-state index contributed by atoms with van der Waals surface area (Å²) in [5.74, 6) is -0.151. The Bertz CT molecular complexity index is 601. The number of thiophene rings is 1. The van der Waals surface area contributed by atoms with Gasteiger partial charge in [0.1, 0.15) is 5.82 Å². The predicted octanol–water partition coefficient (Wildman–Crippen LogP) is 4.32. The van der Waals surface area contributed by atoms with E-state index in [4.69, 9.17) is 5.73 Å². The average molecular weight is 261 g/mol. The Balaban J connectivity index is 2.16. The maximum Gasteiger partial charge on any atom is 0.126 e. The molecule has 0 saturated carbocycles. The highest BCUT2D eigenvalue weighted by Gasteiger charge is 2.20. The number of nitrogens with two attached hydrogens (primary N) is 1. The summed E-state index contributed by atoms with van der Waals surface area (Å²) in [6, 6.07) is 5.29. The molecule has 2 N–H and O–H groups in total. The van der Waals surface area contributed by atoms with Gasteiger partial charge in [0.05, 0.1) is 5.00 Å². The number of nitrogen functional groups attached to an aromatic ring is 1. The Morgan fingerprint density at radius 2 is 2.00 bits per heavy atom. The zero-order valence-corrected chi connectivity index (χ0v) is 11.2.